The highest BCUT2D eigenvalue weighted by Gasteiger charge is 2.13. The molecule has 0 bridgehead atoms. The van der Waals surface area contributed by atoms with Crippen molar-refractivity contribution in [1.29, 1.82) is 0 Å². The molecule has 0 saturated heterocycles. The molecule has 4 aromatic rings. The third kappa shape index (κ3) is 2.21. The number of halogens is 1. The third-order valence-electron chi connectivity index (χ3n) is 4.13. The van der Waals surface area contributed by atoms with Gasteiger partial charge in [0.05, 0.1) is 6.04 Å². The van der Waals surface area contributed by atoms with Gasteiger partial charge in [0, 0.05) is 25.4 Å². The van der Waals surface area contributed by atoms with Gasteiger partial charge in [0.15, 0.2) is 0 Å². The van der Waals surface area contributed by atoms with Gasteiger partial charge in [0.1, 0.15) is 0 Å². The Labute approximate surface area is 142 Å². The molecule has 2 nitrogen and oxygen atoms in total. The molecule has 1 aromatic heterocycles. The highest BCUT2D eigenvalue weighted by Crippen LogP contribution is 2.30. The lowest BCUT2D eigenvalue weighted by Gasteiger charge is -2.14. The van der Waals surface area contributed by atoms with Crippen molar-refractivity contribution in [2.24, 2.45) is 5.73 Å². The van der Waals surface area contributed by atoms with E-state index in [1.807, 2.05) is 12.1 Å². The number of nitrogens with one attached hydrogen (secondary N) is 1. The molecule has 108 valence electrons. The molecule has 22 heavy (non-hydrogen) atoms. The van der Waals surface area contributed by atoms with E-state index >= 15 is 0 Å². The monoisotopic (exact) mass is 398 g/mol. The second kappa shape index (κ2) is 5.41. The molecule has 3 heteroatoms. The van der Waals surface area contributed by atoms with E-state index in [1.165, 1.54) is 19.9 Å². The molecule has 3 N–H and O–H groups in total. The van der Waals surface area contributed by atoms with Gasteiger partial charge < -0.3 is 10.7 Å². The number of H-pyrrole nitrogens is 1. The number of benzene rings is 3. The predicted octanol–water partition coefficient (Wildman–Crippen LogP) is 4.97. The number of rotatable bonds is 2. The quantitative estimate of drug-likeness (QED) is 0.460. The lowest BCUT2D eigenvalue weighted by molar-refractivity contribution is 0.867. The summed E-state index contributed by atoms with van der Waals surface area (Å²) in [5, 5.41) is 2.48. The van der Waals surface area contributed by atoms with Crippen molar-refractivity contribution in [2.45, 2.75) is 6.04 Å². The van der Waals surface area contributed by atoms with Crippen LogP contribution in [0.2, 0.25) is 0 Å². The molecule has 0 aliphatic carbocycles. The van der Waals surface area contributed by atoms with Crippen LogP contribution in [0.3, 0.4) is 0 Å². The topological polar surface area (TPSA) is 41.8 Å². The molecule has 0 radical (unpaired) electrons. The minimum atomic E-state index is -0.105. The zero-order valence-corrected chi connectivity index (χ0v) is 14.0. The number of aromatic nitrogens is 1. The molecule has 0 aliphatic rings. The first-order chi connectivity index (χ1) is 10.7. The van der Waals surface area contributed by atoms with Crippen LogP contribution in [-0.4, -0.2) is 4.98 Å². The summed E-state index contributed by atoms with van der Waals surface area (Å²) in [5.74, 6) is 0. The minimum Gasteiger partial charge on any atom is -0.355 e. The summed E-state index contributed by atoms with van der Waals surface area (Å²) in [7, 11) is 0. The molecule has 4 rings (SSSR count). The van der Waals surface area contributed by atoms with E-state index in [0.717, 1.165) is 16.6 Å². The largest absolute Gasteiger partial charge is 0.355 e. The number of nitrogens with two attached hydrogens (primary N) is 1. The van der Waals surface area contributed by atoms with E-state index in [1.54, 1.807) is 0 Å². The molecule has 0 amide bonds. The Morgan fingerprint density at radius 1 is 0.818 bits per heavy atom. The van der Waals surface area contributed by atoms with E-state index in [2.05, 4.69) is 82.2 Å². The molecule has 1 unspecified atom stereocenters. The average Bonchev–Trinajstić information content (AvgIpc) is 2.92. The zero-order chi connectivity index (χ0) is 15.1. The van der Waals surface area contributed by atoms with Crippen LogP contribution < -0.4 is 5.73 Å². The van der Waals surface area contributed by atoms with Crippen molar-refractivity contribution in [3.8, 4) is 0 Å². The lowest BCUT2D eigenvalue weighted by atomic mass is 9.98. The van der Waals surface area contributed by atoms with E-state index in [-0.39, 0.29) is 6.04 Å². The summed E-state index contributed by atoms with van der Waals surface area (Å²) in [6.45, 7) is 0. The van der Waals surface area contributed by atoms with Crippen molar-refractivity contribution in [2.75, 3.05) is 0 Å². The maximum atomic E-state index is 6.51. The van der Waals surface area contributed by atoms with Gasteiger partial charge in [-0.15, -0.1) is 0 Å². The molecular formula is C19H15IN2. The normalized spacial score (nSPS) is 12.8. The second-order valence-corrected chi connectivity index (χ2v) is 6.64. The van der Waals surface area contributed by atoms with Crippen LogP contribution in [0.15, 0.2) is 66.7 Å². The smallest absolute Gasteiger partial charge is 0.0562 e. The molecule has 0 saturated carbocycles. The van der Waals surface area contributed by atoms with Gasteiger partial charge in [-0.2, -0.15) is 0 Å². The third-order valence-corrected chi connectivity index (χ3v) is 5.11. The molecule has 1 atom stereocenters. The van der Waals surface area contributed by atoms with Crippen LogP contribution in [0.4, 0.5) is 0 Å². The Kier molecular flexibility index (Phi) is 3.39. The first kappa shape index (κ1) is 13.8. The highest BCUT2D eigenvalue weighted by atomic mass is 127. The van der Waals surface area contributed by atoms with Crippen LogP contribution in [0, 0.1) is 3.57 Å². The van der Waals surface area contributed by atoms with Crippen molar-refractivity contribution >= 4 is 44.4 Å². The number of hydrogen-bond donors (Lipinski definition) is 2. The molecule has 0 spiro atoms. The Hall–Kier alpha value is -1.85. The van der Waals surface area contributed by atoms with Crippen LogP contribution in [-0.2, 0) is 0 Å². The van der Waals surface area contributed by atoms with E-state index < -0.39 is 0 Å². The summed E-state index contributed by atoms with van der Waals surface area (Å²) in [6.07, 6.45) is 0. The molecule has 3 aromatic carbocycles. The number of para-hydroxylation sites is 1. The number of aromatic amines is 1. The summed E-state index contributed by atoms with van der Waals surface area (Å²) in [6, 6.07) is 23.0. The summed E-state index contributed by atoms with van der Waals surface area (Å²) < 4.78 is 1.20. The summed E-state index contributed by atoms with van der Waals surface area (Å²) >= 11 is 2.35. The van der Waals surface area contributed by atoms with Crippen LogP contribution in [0.5, 0.6) is 0 Å². The van der Waals surface area contributed by atoms with Crippen LogP contribution >= 0.6 is 22.6 Å². The SMILES string of the molecule is NC(c1ccc2[nH]c3ccccc3c2c1)c1ccccc1I. The van der Waals surface area contributed by atoms with Crippen molar-refractivity contribution in [3.05, 3.63) is 81.4 Å². The van der Waals surface area contributed by atoms with Crippen LogP contribution in [0.1, 0.15) is 17.2 Å². The van der Waals surface area contributed by atoms with Crippen molar-refractivity contribution in [3.63, 3.8) is 0 Å². The average molecular weight is 398 g/mol. The maximum Gasteiger partial charge on any atom is 0.0562 e. The maximum absolute atomic E-state index is 6.51. The number of hydrogen-bond acceptors (Lipinski definition) is 1. The minimum absolute atomic E-state index is 0.105. The van der Waals surface area contributed by atoms with E-state index in [4.69, 9.17) is 5.73 Å². The van der Waals surface area contributed by atoms with Crippen molar-refractivity contribution in [1.82, 2.24) is 4.98 Å². The van der Waals surface area contributed by atoms with Gasteiger partial charge in [-0.3, -0.25) is 0 Å². The second-order valence-electron chi connectivity index (χ2n) is 5.47. The van der Waals surface area contributed by atoms with Gasteiger partial charge in [0.2, 0.25) is 0 Å². The van der Waals surface area contributed by atoms with Gasteiger partial charge in [-0.1, -0.05) is 42.5 Å². The fourth-order valence-electron chi connectivity index (χ4n) is 2.97. The van der Waals surface area contributed by atoms with Gasteiger partial charge in [0.25, 0.3) is 0 Å². The Morgan fingerprint density at radius 3 is 2.41 bits per heavy atom. The molecular weight excluding hydrogens is 383 g/mol. The van der Waals surface area contributed by atoms with E-state index in [9.17, 15) is 0 Å². The molecule has 0 fully saturated rings. The lowest BCUT2D eigenvalue weighted by Crippen LogP contribution is -2.13. The predicted molar refractivity (Wildman–Crippen MR) is 101 cm³/mol. The Morgan fingerprint density at radius 2 is 1.55 bits per heavy atom. The number of fused-ring (bicyclic) bond motifs is 3. The zero-order valence-electron chi connectivity index (χ0n) is 11.9. The van der Waals surface area contributed by atoms with Crippen molar-refractivity contribution < 1.29 is 0 Å². The van der Waals surface area contributed by atoms with Crippen LogP contribution in [0.25, 0.3) is 21.8 Å². The first-order valence-corrected chi connectivity index (χ1v) is 8.32. The standard InChI is InChI=1S/C19H15IN2/c20-16-7-3-1-6-14(16)19(21)12-9-10-18-15(11-12)13-5-2-4-8-17(13)22-18/h1-11,19,22H,21H2. The first-order valence-electron chi connectivity index (χ1n) is 7.24. The Bertz CT molecular complexity index is 971. The Balaban J connectivity index is 1.89. The summed E-state index contributed by atoms with van der Waals surface area (Å²) in [4.78, 5) is 3.45. The summed E-state index contributed by atoms with van der Waals surface area (Å²) in [5.41, 5.74) is 11.1. The van der Waals surface area contributed by atoms with Gasteiger partial charge in [-0.25, -0.2) is 0 Å². The fraction of sp³-hybridized carbons (Fsp3) is 0.0526. The highest BCUT2D eigenvalue weighted by molar-refractivity contribution is 14.1. The van der Waals surface area contributed by atoms with Gasteiger partial charge in [-0.05, 0) is 58.0 Å². The van der Waals surface area contributed by atoms with Gasteiger partial charge >= 0.3 is 0 Å². The molecule has 1 heterocycles. The molecule has 0 aliphatic heterocycles. The fourth-order valence-corrected chi connectivity index (χ4v) is 3.69. The van der Waals surface area contributed by atoms with E-state index in [0.29, 0.717) is 0 Å².